The average Bonchev–Trinajstić information content (AvgIpc) is 2.90. The van der Waals surface area contributed by atoms with Gasteiger partial charge in [-0.05, 0) is 42.5 Å². The summed E-state index contributed by atoms with van der Waals surface area (Å²) in [5, 5.41) is 4.49. The van der Waals surface area contributed by atoms with E-state index >= 15 is 0 Å². The molecule has 37 heavy (non-hydrogen) atoms. The topological polar surface area (TPSA) is 98.7 Å². The molecule has 0 fully saturated rings. The number of benzene rings is 2. The van der Waals surface area contributed by atoms with Crippen molar-refractivity contribution in [2.75, 3.05) is 38.7 Å². The first-order valence-electron chi connectivity index (χ1n) is 11.8. The minimum absolute atomic E-state index is 0.0337. The minimum atomic E-state index is -0.0337. The first-order chi connectivity index (χ1) is 18.0. The molecule has 1 amide bonds. The Balaban J connectivity index is 1.48. The third kappa shape index (κ3) is 7.05. The van der Waals surface area contributed by atoms with Crippen LogP contribution < -0.4 is 14.8 Å². The number of methoxy groups -OCH3 is 1. The molecule has 2 aromatic carbocycles. The first-order valence-corrected chi connectivity index (χ1v) is 12.1. The number of aromatic nitrogens is 3. The number of ether oxygens (including phenoxy) is 3. The van der Waals surface area contributed by atoms with Crippen LogP contribution in [0.25, 0.3) is 10.9 Å². The highest BCUT2D eigenvalue weighted by Crippen LogP contribution is 2.34. The molecule has 2 aromatic heterocycles. The number of hydrogen-bond donors (Lipinski definition) is 1. The lowest BCUT2D eigenvalue weighted by Gasteiger charge is -2.21. The van der Waals surface area contributed by atoms with Crippen LogP contribution in [0.4, 0.5) is 11.5 Å². The monoisotopic (exact) mass is 521 g/mol. The molecule has 192 valence electrons. The van der Waals surface area contributed by atoms with Crippen molar-refractivity contribution in [3.63, 3.8) is 0 Å². The van der Waals surface area contributed by atoms with E-state index in [1.165, 1.54) is 13.3 Å². The molecule has 0 bridgehead atoms. The van der Waals surface area contributed by atoms with Gasteiger partial charge in [0.2, 0.25) is 5.91 Å². The summed E-state index contributed by atoms with van der Waals surface area (Å²) in [6.45, 7) is 3.56. The molecule has 0 aliphatic rings. The molecule has 0 saturated heterocycles. The Labute approximate surface area is 220 Å². The summed E-state index contributed by atoms with van der Waals surface area (Å²) in [5.41, 5.74) is 2.26. The number of nitrogens with zero attached hydrogens (tertiary/aromatic N) is 4. The van der Waals surface area contributed by atoms with Gasteiger partial charge < -0.3 is 24.4 Å². The van der Waals surface area contributed by atoms with E-state index in [2.05, 4.69) is 20.3 Å². The Hall–Kier alpha value is -3.95. The molecule has 0 spiro atoms. The molecule has 9 nitrogen and oxygen atoms in total. The van der Waals surface area contributed by atoms with E-state index in [0.29, 0.717) is 55.2 Å². The fourth-order valence-corrected chi connectivity index (χ4v) is 3.89. The minimum Gasteiger partial charge on any atom is -0.491 e. The maximum absolute atomic E-state index is 11.9. The second-order valence-corrected chi connectivity index (χ2v) is 8.51. The number of nitrogens with one attached hydrogen (secondary N) is 1. The van der Waals surface area contributed by atoms with Gasteiger partial charge in [-0.25, -0.2) is 9.97 Å². The fourth-order valence-electron chi connectivity index (χ4n) is 3.66. The van der Waals surface area contributed by atoms with Crippen LogP contribution in [-0.2, 0) is 16.1 Å². The van der Waals surface area contributed by atoms with Gasteiger partial charge in [-0.1, -0.05) is 23.7 Å². The summed E-state index contributed by atoms with van der Waals surface area (Å²) in [5.74, 6) is 1.70. The SMILES string of the molecule is COCCN(CCOc1cccc2ncnc(Nc3ccc(OCc4ccccn4)c(Cl)c3)c12)C(C)=O. The molecule has 4 aromatic rings. The van der Waals surface area contributed by atoms with Crippen molar-refractivity contribution >= 4 is 39.9 Å². The normalized spacial score (nSPS) is 10.8. The Bertz CT molecular complexity index is 1330. The molecule has 0 aliphatic carbocycles. The van der Waals surface area contributed by atoms with E-state index in [-0.39, 0.29) is 5.91 Å². The number of pyridine rings is 1. The van der Waals surface area contributed by atoms with Gasteiger partial charge in [0.15, 0.2) is 0 Å². The van der Waals surface area contributed by atoms with Crippen molar-refractivity contribution < 1.29 is 19.0 Å². The van der Waals surface area contributed by atoms with Crippen molar-refractivity contribution in [2.45, 2.75) is 13.5 Å². The fraction of sp³-hybridized carbons (Fsp3) is 0.259. The van der Waals surface area contributed by atoms with E-state index in [9.17, 15) is 4.79 Å². The number of hydrogen-bond acceptors (Lipinski definition) is 8. The number of anilines is 2. The lowest BCUT2D eigenvalue weighted by Crippen LogP contribution is -2.35. The smallest absolute Gasteiger partial charge is 0.219 e. The van der Waals surface area contributed by atoms with Crippen molar-refractivity contribution in [2.24, 2.45) is 0 Å². The predicted octanol–water partition coefficient (Wildman–Crippen LogP) is 4.87. The zero-order valence-electron chi connectivity index (χ0n) is 20.7. The molecule has 0 saturated carbocycles. The van der Waals surface area contributed by atoms with Crippen LogP contribution in [0.1, 0.15) is 12.6 Å². The summed E-state index contributed by atoms with van der Waals surface area (Å²) >= 11 is 6.49. The van der Waals surface area contributed by atoms with Crippen molar-refractivity contribution in [3.05, 3.63) is 77.8 Å². The Morgan fingerprint density at radius 3 is 2.59 bits per heavy atom. The highest BCUT2D eigenvalue weighted by Gasteiger charge is 2.13. The van der Waals surface area contributed by atoms with Gasteiger partial charge >= 0.3 is 0 Å². The third-order valence-electron chi connectivity index (χ3n) is 5.55. The zero-order chi connectivity index (χ0) is 26.0. The third-order valence-corrected chi connectivity index (χ3v) is 5.85. The van der Waals surface area contributed by atoms with Crippen LogP contribution in [0.5, 0.6) is 11.5 Å². The van der Waals surface area contributed by atoms with Crippen LogP contribution in [0.2, 0.25) is 5.02 Å². The van der Waals surface area contributed by atoms with Gasteiger partial charge in [-0.15, -0.1) is 0 Å². The van der Waals surface area contributed by atoms with Gasteiger partial charge in [0.25, 0.3) is 0 Å². The van der Waals surface area contributed by atoms with Gasteiger partial charge in [-0.3, -0.25) is 9.78 Å². The second kappa shape index (κ2) is 12.8. The molecular weight excluding hydrogens is 494 g/mol. The van der Waals surface area contributed by atoms with Crippen LogP contribution >= 0.6 is 11.6 Å². The summed E-state index contributed by atoms with van der Waals surface area (Å²) < 4.78 is 17.0. The molecule has 0 radical (unpaired) electrons. The van der Waals surface area contributed by atoms with Gasteiger partial charge in [0, 0.05) is 32.5 Å². The number of rotatable bonds is 12. The average molecular weight is 522 g/mol. The molecule has 10 heteroatoms. The van der Waals surface area contributed by atoms with Crippen LogP contribution in [0, 0.1) is 0 Å². The van der Waals surface area contributed by atoms with E-state index in [1.807, 2.05) is 42.5 Å². The number of carbonyl (C=O) groups excluding carboxylic acids is 1. The van der Waals surface area contributed by atoms with Crippen molar-refractivity contribution in [1.29, 1.82) is 0 Å². The molecule has 4 rings (SSSR count). The lowest BCUT2D eigenvalue weighted by atomic mass is 10.2. The van der Waals surface area contributed by atoms with E-state index in [0.717, 1.165) is 22.3 Å². The Kier molecular flexibility index (Phi) is 9.07. The molecule has 2 heterocycles. The zero-order valence-corrected chi connectivity index (χ0v) is 21.4. The summed E-state index contributed by atoms with van der Waals surface area (Å²) in [6, 6.07) is 16.7. The number of fused-ring (bicyclic) bond motifs is 1. The van der Waals surface area contributed by atoms with Gasteiger partial charge in [0.05, 0.1) is 34.8 Å². The maximum Gasteiger partial charge on any atom is 0.219 e. The molecule has 0 atom stereocenters. The summed E-state index contributed by atoms with van der Waals surface area (Å²) in [6.07, 6.45) is 3.21. The number of amides is 1. The van der Waals surface area contributed by atoms with Gasteiger partial charge in [-0.2, -0.15) is 0 Å². The first kappa shape index (κ1) is 26.1. The largest absolute Gasteiger partial charge is 0.491 e. The van der Waals surface area contributed by atoms with Crippen LogP contribution in [0.15, 0.2) is 67.1 Å². The Morgan fingerprint density at radius 2 is 1.84 bits per heavy atom. The Morgan fingerprint density at radius 1 is 0.973 bits per heavy atom. The van der Waals surface area contributed by atoms with E-state index < -0.39 is 0 Å². The second-order valence-electron chi connectivity index (χ2n) is 8.10. The summed E-state index contributed by atoms with van der Waals surface area (Å²) in [4.78, 5) is 26.6. The molecular formula is C27H28ClN5O4. The predicted molar refractivity (Wildman–Crippen MR) is 142 cm³/mol. The number of carbonyl (C=O) groups is 1. The van der Waals surface area contributed by atoms with E-state index in [4.69, 9.17) is 25.8 Å². The molecule has 0 aliphatic heterocycles. The maximum atomic E-state index is 11.9. The standard InChI is InChI=1S/C27H28ClN5O4/c1-19(34)33(12-14-35-2)13-15-36-25-8-5-7-23-26(25)27(31-18-30-23)32-20-9-10-24(22(28)16-20)37-17-21-6-3-4-11-29-21/h3-11,16,18H,12-15,17H2,1-2H3,(H,30,31,32). The lowest BCUT2D eigenvalue weighted by molar-refractivity contribution is -0.129. The highest BCUT2D eigenvalue weighted by atomic mass is 35.5. The highest BCUT2D eigenvalue weighted by molar-refractivity contribution is 6.32. The van der Waals surface area contributed by atoms with Crippen molar-refractivity contribution in [1.82, 2.24) is 19.9 Å². The van der Waals surface area contributed by atoms with Crippen molar-refractivity contribution in [3.8, 4) is 11.5 Å². The van der Waals surface area contributed by atoms with Crippen LogP contribution in [-0.4, -0.2) is 59.2 Å². The van der Waals surface area contributed by atoms with Crippen LogP contribution in [0.3, 0.4) is 0 Å². The van der Waals surface area contributed by atoms with Gasteiger partial charge in [0.1, 0.15) is 36.9 Å². The summed E-state index contributed by atoms with van der Waals surface area (Å²) in [7, 11) is 1.61. The quantitative estimate of drug-likeness (QED) is 0.282. The number of halogens is 1. The molecule has 0 unspecified atom stereocenters. The molecule has 1 N–H and O–H groups in total. The van der Waals surface area contributed by atoms with E-state index in [1.54, 1.807) is 30.3 Å².